The molecule has 3 unspecified atom stereocenters. The van der Waals surface area contributed by atoms with Crippen molar-refractivity contribution in [2.75, 3.05) is 12.8 Å². The molecule has 3 nitrogen and oxygen atoms in total. The molecule has 0 saturated heterocycles. The van der Waals surface area contributed by atoms with Crippen LogP contribution in [0, 0.1) is 5.92 Å². The fraction of sp³-hybridized carbons (Fsp3) is 0.714. The van der Waals surface area contributed by atoms with Crippen LogP contribution in [0.5, 0.6) is 0 Å². The number of rotatable bonds is 5. The molecule has 21 heavy (non-hydrogen) atoms. The Morgan fingerprint density at radius 3 is 2.67 bits per heavy atom. The summed E-state index contributed by atoms with van der Waals surface area (Å²) in [5.41, 5.74) is 1.24. The molecule has 1 aromatic heterocycles. The van der Waals surface area contributed by atoms with Crippen LogP contribution in [0.25, 0.3) is 0 Å². The van der Waals surface area contributed by atoms with E-state index in [2.05, 4.69) is 50.2 Å². The molecule has 3 atom stereocenters. The summed E-state index contributed by atoms with van der Waals surface area (Å²) in [6, 6.07) is 2.36. The number of sulfone groups is 1. The van der Waals surface area contributed by atoms with E-state index in [4.69, 9.17) is 0 Å². The predicted molar refractivity (Wildman–Crippen MR) is 96.7 cm³/mol. The molecular weight excluding hydrogens is 438 g/mol. The largest absolute Gasteiger partial charge is 0.310 e. The van der Waals surface area contributed by atoms with Crippen molar-refractivity contribution in [1.82, 2.24) is 5.32 Å². The normalized spacial score (nSPS) is 25.0. The summed E-state index contributed by atoms with van der Waals surface area (Å²) in [5, 5.41) is 3.37. The number of nitrogens with one attached hydrogen (secondary N) is 1. The average Bonchev–Trinajstić information content (AvgIpc) is 2.74. The molecule has 7 heteroatoms. The van der Waals surface area contributed by atoms with E-state index in [1.807, 2.05) is 0 Å². The third-order valence-corrected chi connectivity index (χ3v) is 8.21. The number of halogens is 2. The molecule has 0 aromatic carbocycles. The number of hydrogen-bond donors (Lipinski definition) is 1. The van der Waals surface area contributed by atoms with Crippen LogP contribution < -0.4 is 5.32 Å². The summed E-state index contributed by atoms with van der Waals surface area (Å²) in [6.07, 6.45) is 5.02. The average molecular weight is 459 g/mol. The minimum atomic E-state index is -2.94. The van der Waals surface area contributed by atoms with Crippen LogP contribution in [-0.2, 0) is 9.84 Å². The summed E-state index contributed by atoms with van der Waals surface area (Å²) in [7, 11) is -2.94. The van der Waals surface area contributed by atoms with Crippen LogP contribution in [0.4, 0.5) is 0 Å². The summed E-state index contributed by atoms with van der Waals surface area (Å²) >= 11 is 8.84. The Morgan fingerprint density at radius 1 is 1.43 bits per heavy atom. The molecule has 0 radical (unpaired) electrons. The zero-order valence-electron chi connectivity index (χ0n) is 12.2. The second-order valence-corrected chi connectivity index (χ2v) is 11.8. The molecule has 1 aromatic rings. The Bertz CT molecular complexity index is 586. The van der Waals surface area contributed by atoms with E-state index in [9.17, 15) is 8.42 Å². The van der Waals surface area contributed by atoms with Crippen molar-refractivity contribution in [2.45, 2.75) is 43.9 Å². The van der Waals surface area contributed by atoms with Crippen molar-refractivity contribution >= 4 is 53.0 Å². The quantitative estimate of drug-likeness (QED) is 0.704. The Hall–Kier alpha value is 0.570. The van der Waals surface area contributed by atoms with Crippen LogP contribution >= 0.6 is 43.2 Å². The molecule has 1 N–H and O–H groups in total. The Labute approximate surface area is 148 Å². The van der Waals surface area contributed by atoms with Crippen LogP contribution in [0.1, 0.15) is 44.2 Å². The fourth-order valence-corrected chi connectivity index (χ4v) is 7.31. The lowest BCUT2D eigenvalue weighted by atomic mass is 9.81. The van der Waals surface area contributed by atoms with E-state index in [1.165, 1.54) is 11.8 Å². The summed E-state index contributed by atoms with van der Waals surface area (Å²) in [4.78, 5) is 0. The molecule has 1 fully saturated rings. The van der Waals surface area contributed by atoms with Crippen LogP contribution in [0.2, 0.25) is 0 Å². The first-order valence-electron chi connectivity index (χ1n) is 7.20. The molecule has 1 heterocycles. The van der Waals surface area contributed by atoms with Gasteiger partial charge in [0.05, 0.1) is 12.8 Å². The summed E-state index contributed by atoms with van der Waals surface area (Å²) < 4.78 is 26.0. The van der Waals surface area contributed by atoms with Crippen LogP contribution in [-0.4, -0.2) is 26.5 Å². The van der Waals surface area contributed by atoms with E-state index in [0.717, 1.165) is 39.8 Å². The SMILES string of the molecule is CCNC(c1cc(Br)sc1Br)C1CCCC(S(C)(=O)=O)C1. The predicted octanol–water partition coefficient (Wildman–Crippen LogP) is 4.53. The minimum absolute atomic E-state index is 0.182. The molecule has 1 aliphatic rings. The van der Waals surface area contributed by atoms with Gasteiger partial charge in [-0.2, -0.15) is 0 Å². The molecule has 0 aliphatic heterocycles. The van der Waals surface area contributed by atoms with Gasteiger partial charge in [-0.1, -0.05) is 13.3 Å². The van der Waals surface area contributed by atoms with Gasteiger partial charge in [-0.05, 0) is 75.2 Å². The molecular formula is C14H21Br2NO2S2. The van der Waals surface area contributed by atoms with Gasteiger partial charge in [0.15, 0.2) is 0 Å². The number of hydrogen-bond acceptors (Lipinski definition) is 4. The monoisotopic (exact) mass is 457 g/mol. The standard InChI is InChI=1S/C14H21Br2NO2S2/c1-3-17-13(11-8-12(15)20-14(11)16)9-5-4-6-10(7-9)21(2,18)19/h8-10,13,17H,3-7H2,1-2H3. The Morgan fingerprint density at radius 2 is 2.14 bits per heavy atom. The van der Waals surface area contributed by atoms with Gasteiger partial charge in [-0.25, -0.2) is 8.42 Å². The highest BCUT2D eigenvalue weighted by atomic mass is 79.9. The lowest BCUT2D eigenvalue weighted by molar-refractivity contribution is 0.275. The van der Waals surface area contributed by atoms with E-state index in [1.54, 1.807) is 11.3 Å². The third-order valence-electron chi connectivity index (χ3n) is 4.19. The zero-order valence-corrected chi connectivity index (χ0v) is 17.0. The smallest absolute Gasteiger partial charge is 0.150 e. The first-order chi connectivity index (χ1) is 9.82. The van der Waals surface area contributed by atoms with Crippen molar-refractivity contribution in [1.29, 1.82) is 0 Å². The minimum Gasteiger partial charge on any atom is -0.310 e. The maximum absolute atomic E-state index is 11.9. The third kappa shape index (κ3) is 4.53. The van der Waals surface area contributed by atoms with Gasteiger partial charge in [-0.3, -0.25) is 0 Å². The van der Waals surface area contributed by atoms with Gasteiger partial charge in [0.2, 0.25) is 0 Å². The highest BCUT2D eigenvalue weighted by Crippen LogP contribution is 2.42. The van der Waals surface area contributed by atoms with E-state index in [-0.39, 0.29) is 11.3 Å². The maximum Gasteiger partial charge on any atom is 0.150 e. The topological polar surface area (TPSA) is 46.2 Å². The molecule has 2 rings (SSSR count). The van der Waals surface area contributed by atoms with E-state index >= 15 is 0 Å². The Kier molecular flexibility index (Phi) is 6.34. The fourth-order valence-electron chi connectivity index (χ4n) is 3.19. The lowest BCUT2D eigenvalue weighted by Gasteiger charge is -2.34. The second kappa shape index (κ2) is 7.43. The molecule has 1 aliphatic carbocycles. The first kappa shape index (κ1) is 17.9. The second-order valence-electron chi connectivity index (χ2n) is 5.69. The van der Waals surface area contributed by atoms with E-state index < -0.39 is 9.84 Å². The molecule has 0 bridgehead atoms. The molecule has 120 valence electrons. The molecule has 0 amide bonds. The van der Waals surface area contributed by atoms with Gasteiger partial charge in [-0.15, -0.1) is 11.3 Å². The van der Waals surface area contributed by atoms with E-state index in [0.29, 0.717) is 5.92 Å². The van der Waals surface area contributed by atoms with Crippen molar-refractivity contribution in [3.05, 3.63) is 19.2 Å². The van der Waals surface area contributed by atoms with Crippen molar-refractivity contribution < 1.29 is 8.42 Å². The maximum atomic E-state index is 11.9. The Balaban J connectivity index is 2.24. The van der Waals surface area contributed by atoms with Crippen molar-refractivity contribution in [3.8, 4) is 0 Å². The zero-order chi connectivity index (χ0) is 15.6. The van der Waals surface area contributed by atoms with Gasteiger partial charge >= 0.3 is 0 Å². The van der Waals surface area contributed by atoms with Gasteiger partial charge in [0.25, 0.3) is 0 Å². The number of thiophene rings is 1. The molecule has 0 spiro atoms. The molecule has 1 saturated carbocycles. The highest BCUT2D eigenvalue weighted by Gasteiger charge is 2.34. The van der Waals surface area contributed by atoms with Crippen LogP contribution in [0.15, 0.2) is 13.6 Å². The summed E-state index contributed by atoms with van der Waals surface area (Å²) in [6.45, 7) is 2.98. The van der Waals surface area contributed by atoms with Crippen molar-refractivity contribution in [3.63, 3.8) is 0 Å². The van der Waals surface area contributed by atoms with Crippen molar-refractivity contribution in [2.24, 2.45) is 5.92 Å². The van der Waals surface area contributed by atoms with Gasteiger partial charge < -0.3 is 5.32 Å². The summed E-state index contributed by atoms with van der Waals surface area (Å²) in [5.74, 6) is 0.372. The lowest BCUT2D eigenvalue weighted by Crippen LogP contribution is -2.35. The van der Waals surface area contributed by atoms with Gasteiger partial charge in [0, 0.05) is 12.3 Å². The first-order valence-corrected chi connectivity index (χ1v) is 11.6. The highest BCUT2D eigenvalue weighted by molar-refractivity contribution is 9.12. The van der Waals surface area contributed by atoms with Gasteiger partial charge in [0.1, 0.15) is 9.84 Å². The van der Waals surface area contributed by atoms with Crippen LogP contribution in [0.3, 0.4) is 0 Å².